The van der Waals surface area contributed by atoms with Gasteiger partial charge in [0.25, 0.3) is 5.69 Å². The third kappa shape index (κ3) is 8.05. The fourth-order valence-corrected chi connectivity index (χ4v) is 2.23. The Morgan fingerprint density at radius 3 is 2.52 bits per heavy atom. The van der Waals surface area contributed by atoms with E-state index in [0.717, 1.165) is 5.69 Å². The first-order chi connectivity index (χ1) is 11.0. The molecule has 0 unspecified atom stereocenters. The molecule has 0 aliphatic carbocycles. The van der Waals surface area contributed by atoms with Gasteiger partial charge in [-0.3, -0.25) is 19.7 Å². The molecule has 1 aromatic rings. The second-order valence-corrected chi connectivity index (χ2v) is 5.36. The van der Waals surface area contributed by atoms with Crippen LogP contribution in [0.4, 0.5) is 11.4 Å². The topological polar surface area (TPSA) is 111 Å². The number of ether oxygens (including phenoxy) is 1. The highest BCUT2D eigenvalue weighted by molar-refractivity contribution is 8.00. The number of rotatable bonds is 10. The summed E-state index contributed by atoms with van der Waals surface area (Å²) < 4.78 is 4.75. The van der Waals surface area contributed by atoms with Gasteiger partial charge in [0.05, 0.1) is 23.0 Å². The third-order valence-electron chi connectivity index (χ3n) is 2.61. The van der Waals surface area contributed by atoms with Crippen LogP contribution >= 0.6 is 11.8 Å². The van der Waals surface area contributed by atoms with Crippen LogP contribution in [0.1, 0.15) is 6.92 Å². The maximum absolute atomic E-state index is 11.5. The van der Waals surface area contributed by atoms with Gasteiger partial charge < -0.3 is 15.4 Å². The molecule has 0 saturated heterocycles. The number of carbonyl (C=O) groups is 2. The molecular formula is C14H19N3O5S. The van der Waals surface area contributed by atoms with Gasteiger partial charge in [0.1, 0.15) is 0 Å². The van der Waals surface area contributed by atoms with Crippen molar-refractivity contribution in [1.82, 2.24) is 5.32 Å². The van der Waals surface area contributed by atoms with Gasteiger partial charge in [-0.05, 0) is 19.1 Å². The van der Waals surface area contributed by atoms with Crippen molar-refractivity contribution in [3.63, 3.8) is 0 Å². The Kier molecular flexibility index (Phi) is 8.51. The second kappa shape index (κ2) is 10.4. The second-order valence-electron chi connectivity index (χ2n) is 4.38. The van der Waals surface area contributed by atoms with Gasteiger partial charge in [0, 0.05) is 30.9 Å². The predicted octanol–water partition coefficient (Wildman–Crippen LogP) is 1.42. The minimum atomic E-state index is -0.460. The standard InChI is InChI=1S/C14H19N3O5S/c1-2-22-14(19)10-23-9-13(18)16-8-7-15-11-3-5-12(6-4-11)17(20)21/h3-6,15H,2,7-10H2,1H3,(H,16,18). The summed E-state index contributed by atoms with van der Waals surface area (Å²) in [5, 5.41) is 16.3. The van der Waals surface area contributed by atoms with Crippen LogP contribution in [0.5, 0.6) is 0 Å². The minimum absolute atomic E-state index is 0.0301. The summed E-state index contributed by atoms with van der Waals surface area (Å²) in [4.78, 5) is 32.7. The Balaban J connectivity index is 2.13. The number of hydrogen-bond acceptors (Lipinski definition) is 7. The van der Waals surface area contributed by atoms with Crippen LogP contribution in [0.2, 0.25) is 0 Å². The molecule has 0 aromatic heterocycles. The van der Waals surface area contributed by atoms with E-state index in [1.165, 1.54) is 23.9 Å². The number of nitrogens with zero attached hydrogens (tertiary/aromatic N) is 1. The van der Waals surface area contributed by atoms with Gasteiger partial charge in [0.2, 0.25) is 5.91 Å². The van der Waals surface area contributed by atoms with E-state index in [0.29, 0.717) is 19.7 Å². The summed E-state index contributed by atoms with van der Waals surface area (Å²) >= 11 is 1.20. The monoisotopic (exact) mass is 341 g/mol. The Hall–Kier alpha value is -2.29. The molecule has 0 fully saturated rings. The van der Waals surface area contributed by atoms with Crippen molar-refractivity contribution in [1.29, 1.82) is 0 Å². The summed E-state index contributed by atoms with van der Waals surface area (Å²) in [6.07, 6.45) is 0. The average Bonchev–Trinajstić information content (AvgIpc) is 2.52. The van der Waals surface area contributed by atoms with Crippen LogP contribution < -0.4 is 10.6 Å². The van der Waals surface area contributed by atoms with E-state index in [9.17, 15) is 19.7 Å². The number of carbonyl (C=O) groups excluding carboxylic acids is 2. The van der Waals surface area contributed by atoms with Crippen LogP contribution in [-0.4, -0.2) is 48.0 Å². The Bertz CT molecular complexity index is 536. The maximum atomic E-state index is 11.5. The first kappa shape index (κ1) is 18.8. The van der Waals surface area contributed by atoms with E-state index < -0.39 is 4.92 Å². The zero-order chi connectivity index (χ0) is 17.1. The molecule has 1 amide bonds. The van der Waals surface area contributed by atoms with Gasteiger partial charge >= 0.3 is 5.97 Å². The van der Waals surface area contributed by atoms with Gasteiger partial charge in [-0.15, -0.1) is 11.8 Å². The zero-order valence-electron chi connectivity index (χ0n) is 12.7. The number of benzene rings is 1. The summed E-state index contributed by atoms with van der Waals surface area (Å²) in [6.45, 7) is 2.97. The summed E-state index contributed by atoms with van der Waals surface area (Å²) in [5.74, 6) is -0.145. The molecule has 0 saturated carbocycles. The van der Waals surface area contributed by atoms with E-state index in [2.05, 4.69) is 10.6 Å². The van der Waals surface area contributed by atoms with E-state index in [1.807, 2.05) is 0 Å². The molecule has 1 aromatic carbocycles. The summed E-state index contributed by atoms with van der Waals surface area (Å²) in [7, 11) is 0. The molecule has 0 aliphatic rings. The molecule has 8 nitrogen and oxygen atoms in total. The number of hydrogen-bond donors (Lipinski definition) is 2. The summed E-state index contributed by atoms with van der Waals surface area (Å²) in [5.41, 5.74) is 0.768. The number of non-ortho nitro benzene ring substituents is 1. The van der Waals surface area contributed by atoms with Gasteiger partial charge in [-0.1, -0.05) is 0 Å². The maximum Gasteiger partial charge on any atom is 0.315 e. The van der Waals surface area contributed by atoms with E-state index in [1.54, 1.807) is 19.1 Å². The molecule has 9 heteroatoms. The number of nitro groups is 1. The van der Waals surface area contributed by atoms with Gasteiger partial charge in [0.15, 0.2) is 0 Å². The number of thioether (sulfide) groups is 1. The SMILES string of the molecule is CCOC(=O)CSCC(=O)NCCNc1ccc([N+](=O)[O-])cc1. The normalized spacial score (nSPS) is 9.96. The van der Waals surface area contributed by atoms with Crippen molar-refractivity contribution in [2.75, 3.05) is 36.5 Å². The Morgan fingerprint density at radius 2 is 1.91 bits per heavy atom. The third-order valence-corrected chi connectivity index (χ3v) is 3.52. The van der Waals surface area contributed by atoms with Crippen LogP contribution in [0.15, 0.2) is 24.3 Å². The lowest BCUT2D eigenvalue weighted by molar-refractivity contribution is -0.384. The molecule has 0 atom stereocenters. The number of anilines is 1. The van der Waals surface area contributed by atoms with Crippen LogP contribution in [0.25, 0.3) is 0 Å². The van der Waals surface area contributed by atoms with Crippen molar-refractivity contribution in [2.24, 2.45) is 0 Å². The average molecular weight is 341 g/mol. The fraction of sp³-hybridized carbons (Fsp3) is 0.429. The highest BCUT2D eigenvalue weighted by Gasteiger charge is 2.06. The number of nitro benzene ring substituents is 1. The molecular weight excluding hydrogens is 322 g/mol. The number of nitrogens with one attached hydrogen (secondary N) is 2. The molecule has 2 N–H and O–H groups in total. The Morgan fingerprint density at radius 1 is 1.22 bits per heavy atom. The van der Waals surface area contributed by atoms with E-state index in [4.69, 9.17) is 4.74 Å². The highest BCUT2D eigenvalue weighted by Crippen LogP contribution is 2.14. The van der Waals surface area contributed by atoms with Crippen molar-refractivity contribution in [3.05, 3.63) is 34.4 Å². The van der Waals surface area contributed by atoms with Crippen LogP contribution in [0.3, 0.4) is 0 Å². The van der Waals surface area contributed by atoms with Crippen molar-refractivity contribution < 1.29 is 19.2 Å². The quantitative estimate of drug-likeness (QED) is 0.286. The number of esters is 1. The van der Waals surface area contributed by atoms with Crippen molar-refractivity contribution in [2.45, 2.75) is 6.92 Å². The zero-order valence-corrected chi connectivity index (χ0v) is 13.6. The van der Waals surface area contributed by atoms with Crippen molar-refractivity contribution in [3.8, 4) is 0 Å². The lowest BCUT2D eigenvalue weighted by atomic mass is 10.3. The van der Waals surface area contributed by atoms with Gasteiger partial charge in [-0.25, -0.2) is 0 Å². The van der Waals surface area contributed by atoms with Crippen molar-refractivity contribution >= 4 is 35.0 Å². The first-order valence-corrected chi connectivity index (χ1v) is 8.16. The largest absolute Gasteiger partial charge is 0.465 e. The smallest absolute Gasteiger partial charge is 0.315 e. The molecule has 0 spiro atoms. The lowest BCUT2D eigenvalue weighted by Gasteiger charge is -2.08. The minimum Gasteiger partial charge on any atom is -0.465 e. The van der Waals surface area contributed by atoms with E-state index in [-0.39, 0.29) is 29.1 Å². The number of amides is 1. The van der Waals surface area contributed by atoms with Crippen LogP contribution in [0, 0.1) is 10.1 Å². The molecule has 0 bridgehead atoms. The molecule has 0 aliphatic heterocycles. The molecule has 126 valence electrons. The first-order valence-electron chi connectivity index (χ1n) is 7.01. The molecule has 0 heterocycles. The van der Waals surface area contributed by atoms with E-state index >= 15 is 0 Å². The molecule has 1 rings (SSSR count). The fourth-order valence-electron chi connectivity index (χ4n) is 1.59. The molecule has 23 heavy (non-hydrogen) atoms. The molecule has 0 radical (unpaired) electrons. The van der Waals surface area contributed by atoms with Gasteiger partial charge in [-0.2, -0.15) is 0 Å². The lowest BCUT2D eigenvalue weighted by Crippen LogP contribution is -2.30. The van der Waals surface area contributed by atoms with Crippen LogP contribution in [-0.2, 0) is 14.3 Å². The highest BCUT2D eigenvalue weighted by atomic mass is 32.2. The summed E-state index contributed by atoms with van der Waals surface area (Å²) in [6, 6.07) is 6.03. The Labute approximate surface area is 138 Å². The predicted molar refractivity (Wildman–Crippen MR) is 88.6 cm³/mol.